The summed E-state index contributed by atoms with van der Waals surface area (Å²) >= 11 is 0. The number of aryl methyl sites for hydroxylation is 1. The van der Waals surface area contributed by atoms with Gasteiger partial charge in [0.15, 0.2) is 0 Å². The highest BCUT2D eigenvalue weighted by atomic mass is 32.2. The van der Waals surface area contributed by atoms with E-state index in [0.717, 1.165) is 22.3 Å². The minimum Gasteiger partial charge on any atom is -0.497 e. The van der Waals surface area contributed by atoms with Gasteiger partial charge in [0.25, 0.3) is 5.91 Å². The number of sulfonamides is 1. The summed E-state index contributed by atoms with van der Waals surface area (Å²) in [4.78, 5) is 62.7. The van der Waals surface area contributed by atoms with Gasteiger partial charge < -0.3 is 29.5 Å². The molecule has 2 saturated carbocycles. The third-order valence-corrected chi connectivity index (χ3v) is 15.5. The highest BCUT2D eigenvalue weighted by Crippen LogP contribution is 2.48. The number of carbonyl (C=O) groups excluding carboxylic acids is 3. The average molecular weight is 878 g/mol. The van der Waals surface area contributed by atoms with Gasteiger partial charge in [0.2, 0.25) is 33.6 Å². The maximum Gasteiger partial charge on any atom is 0.411 e. The summed E-state index contributed by atoms with van der Waals surface area (Å²) in [5.41, 5.74) is -3.94. The molecule has 1 aromatic carbocycles. The zero-order chi connectivity index (χ0) is 44.4. The van der Waals surface area contributed by atoms with Gasteiger partial charge in [-0.05, 0) is 108 Å². The van der Waals surface area contributed by atoms with Crippen molar-refractivity contribution in [2.24, 2.45) is 17.8 Å². The molecule has 4 amide bonds. The number of fused-ring (bicyclic) bond motifs is 5. The molecule has 0 radical (unpaired) electrons. The summed E-state index contributed by atoms with van der Waals surface area (Å²) in [7, 11) is -2.60. The van der Waals surface area contributed by atoms with Crippen molar-refractivity contribution in [2.75, 3.05) is 20.3 Å². The predicted molar refractivity (Wildman–Crippen MR) is 215 cm³/mol. The third kappa shape index (κ3) is 8.18. The van der Waals surface area contributed by atoms with Gasteiger partial charge in [-0.2, -0.15) is 18.2 Å². The Morgan fingerprint density at radius 2 is 1.85 bits per heavy atom. The van der Waals surface area contributed by atoms with Crippen LogP contribution in [0.2, 0.25) is 0 Å². The molecule has 4 heterocycles. The fraction of sp³-hybridized carbons (Fsp3) is 0.643. The first-order chi connectivity index (χ1) is 28.5. The van der Waals surface area contributed by atoms with E-state index in [-0.39, 0.29) is 42.5 Å². The number of hydrogen-bond donors (Lipinski definition) is 3. The van der Waals surface area contributed by atoms with Gasteiger partial charge in [-0.3, -0.25) is 24.0 Å². The molecule has 0 unspecified atom stereocenters. The van der Waals surface area contributed by atoms with E-state index in [1.54, 1.807) is 18.2 Å². The number of rotatable bonds is 8. The molecule has 1 aromatic heterocycles. The number of allylic oxidation sites excluding steroid dienone is 1. The molecule has 3 N–H and O–H groups in total. The summed E-state index contributed by atoms with van der Waals surface area (Å²) in [6.07, 6.45) is -1.50. The van der Waals surface area contributed by atoms with E-state index in [9.17, 15) is 41.1 Å². The number of alkyl halides is 3. The summed E-state index contributed by atoms with van der Waals surface area (Å²) in [5, 5.41) is 14.6. The zero-order valence-corrected chi connectivity index (χ0v) is 36.0. The van der Waals surface area contributed by atoms with Gasteiger partial charge in [0, 0.05) is 23.3 Å². The number of methoxy groups -OCH3 is 1. The lowest BCUT2D eigenvalue weighted by Crippen LogP contribution is -2.66. The fourth-order valence-corrected chi connectivity index (χ4v) is 10.3. The number of pyridine rings is 1. The van der Waals surface area contributed by atoms with E-state index in [0.29, 0.717) is 69.6 Å². The van der Waals surface area contributed by atoms with Crippen molar-refractivity contribution >= 4 is 44.6 Å². The standard InChI is InChI=1S/C42H54F3N5O10S/c1-23-10-7-8-11-25-21-41(25,37(53)48-61(56,57)40(5)15-16-40)47-33(51)31-20-27(60-35-29-14-13-26(58-6)19-30(29)28-12-9-17-59-34(28)46-35)22-49(31)36(52)32(24(2)18-23)50(38(54)55)39(3,4)42(43,44)45/h8,11,13-14,19,23-25,27,31-32H,7,9-10,12,15-18,20-22H2,1-6H3,(H,47,51)(H,48,53)(H,54,55)/t23-,24+,25+,27+,31-,32-,41+/m0/s1. The Bertz CT molecular complexity index is 2250. The number of carbonyl (C=O) groups is 4. The molecular formula is C42H54F3N5O10S. The molecule has 15 nitrogen and oxygen atoms in total. The molecule has 334 valence electrons. The second kappa shape index (κ2) is 15.8. The van der Waals surface area contributed by atoms with Crippen LogP contribution in [0.3, 0.4) is 0 Å². The lowest BCUT2D eigenvalue weighted by atomic mass is 9.85. The van der Waals surface area contributed by atoms with Crippen LogP contribution in [0.4, 0.5) is 18.0 Å². The van der Waals surface area contributed by atoms with Crippen molar-refractivity contribution in [3.8, 4) is 17.5 Å². The molecule has 19 heteroatoms. The molecule has 2 aromatic rings. The van der Waals surface area contributed by atoms with Crippen molar-refractivity contribution in [2.45, 2.75) is 133 Å². The van der Waals surface area contributed by atoms with E-state index in [1.165, 1.54) is 21.0 Å². The first-order valence-electron chi connectivity index (χ1n) is 20.8. The maximum atomic E-state index is 15.1. The molecule has 5 aliphatic rings. The molecular weight excluding hydrogens is 824 g/mol. The average Bonchev–Trinajstić information content (AvgIpc) is 4.07. The Kier molecular flexibility index (Phi) is 11.5. The van der Waals surface area contributed by atoms with Crippen LogP contribution in [-0.4, -0.2) is 113 Å². The lowest BCUT2D eigenvalue weighted by Gasteiger charge is -2.45. The number of benzene rings is 1. The van der Waals surface area contributed by atoms with Crippen LogP contribution in [0.25, 0.3) is 10.8 Å². The van der Waals surface area contributed by atoms with Gasteiger partial charge in [0.1, 0.15) is 35.0 Å². The monoisotopic (exact) mass is 877 g/mol. The number of ether oxygens (including phenoxy) is 3. The maximum absolute atomic E-state index is 15.1. The van der Waals surface area contributed by atoms with Crippen LogP contribution in [0.5, 0.6) is 17.5 Å². The molecule has 3 aliphatic heterocycles. The zero-order valence-electron chi connectivity index (χ0n) is 35.1. The number of halogens is 3. The minimum atomic E-state index is -5.10. The Labute approximate surface area is 352 Å². The number of hydrogen-bond acceptors (Lipinski definition) is 10. The first kappa shape index (κ1) is 44.3. The Balaban J connectivity index is 1.31. The smallest absolute Gasteiger partial charge is 0.411 e. The van der Waals surface area contributed by atoms with E-state index < -0.39 is 85.9 Å². The second-order valence-corrected chi connectivity index (χ2v) is 20.4. The van der Waals surface area contributed by atoms with Gasteiger partial charge in [-0.1, -0.05) is 26.0 Å². The number of amides is 4. The summed E-state index contributed by atoms with van der Waals surface area (Å²) in [6, 6.07) is 1.88. The minimum absolute atomic E-state index is 0.0458. The molecule has 0 bridgehead atoms. The van der Waals surface area contributed by atoms with E-state index >= 15 is 4.79 Å². The van der Waals surface area contributed by atoms with E-state index in [4.69, 9.17) is 14.2 Å². The van der Waals surface area contributed by atoms with Gasteiger partial charge in [-0.15, -0.1) is 0 Å². The largest absolute Gasteiger partial charge is 0.497 e. The number of carboxylic acid groups (broad SMARTS) is 1. The molecule has 7 atom stereocenters. The van der Waals surface area contributed by atoms with Crippen molar-refractivity contribution < 1.29 is 60.1 Å². The van der Waals surface area contributed by atoms with Crippen LogP contribution < -0.4 is 24.2 Å². The predicted octanol–water partition coefficient (Wildman–Crippen LogP) is 5.49. The Morgan fingerprint density at radius 3 is 2.51 bits per heavy atom. The van der Waals surface area contributed by atoms with Crippen molar-refractivity contribution in [1.82, 2.24) is 24.8 Å². The first-order valence-corrected chi connectivity index (χ1v) is 22.3. The van der Waals surface area contributed by atoms with Crippen molar-refractivity contribution in [1.29, 1.82) is 0 Å². The van der Waals surface area contributed by atoms with Crippen LogP contribution >= 0.6 is 0 Å². The van der Waals surface area contributed by atoms with Crippen LogP contribution in [-0.2, 0) is 30.8 Å². The van der Waals surface area contributed by atoms with Crippen molar-refractivity contribution in [3.05, 3.63) is 35.9 Å². The molecule has 2 aliphatic carbocycles. The van der Waals surface area contributed by atoms with Gasteiger partial charge in [0.05, 0.1) is 25.0 Å². The molecule has 3 fully saturated rings. The highest BCUT2D eigenvalue weighted by molar-refractivity contribution is 7.91. The quantitative estimate of drug-likeness (QED) is 0.284. The second-order valence-electron chi connectivity index (χ2n) is 18.2. The number of nitrogens with zero attached hydrogens (tertiary/aromatic N) is 3. The van der Waals surface area contributed by atoms with Gasteiger partial charge in [-0.25, -0.2) is 13.2 Å². The summed E-state index contributed by atoms with van der Waals surface area (Å²) in [5.74, 6) is -3.66. The van der Waals surface area contributed by atoms with Crippen LogP contribution in [0, 0.1) is 17.8 Å². The SMILES string of the molecule is COc1ccc2c(O[C@@H]3C[C@H]4C(=O)N[C@]5(C(=O)NS(=O)(=O)C6(C)CC6)C[C@H]5C=CCC[C@H](C)C[C@@H](C)[C@H](N(C(=O)O)C(C)(C)C(F)(F)F)C(=O)N4C3)nc3c(c2c1)CCCO3. The summed E-state index contributed by atoms with van der Waals surface area (Å²) < 4.78 is 89.8. The molecule has 1 saturated heterocycles. The normalized spacial score (nSPS) is 29.1. The Hall–Kier alpha value is -4.81. The van der Waals surface area contributed by atoms with E-state index in [1.807, 2.05) is 19.1 Å². The topological polar surface area (TPSA) is 194 Å². The third-order valence-electron chi connectivity index (χ3n) is 13.3. The highest BCUT2D eigenvalue weighted by Gasteiger charge is 2.64. The van der Waals surface area contributed by atoms with E-state index in [2.05, 4.69) is 15.0 Å². The van der Waals surface area contributed by atoms with Crippen LogP contribution in [0.1, 0.15) is 91.5 Å². The molecule has 61 heavy (non-hydrogen) atoms. The molecule has 7 rings (SSSR count). The fourth-order valence-electron chi connectivity index (χ4n) is 9.03. The molecule has 0 spiro atoms. The number of aromatic nitrogens is 1. The van der Waals surface area contributed by atoms with Crippen LogP contribution in [0.15, 0.2) is 30.4 Å². The Morgan fingerprint density at radius 1 is 1.13 bits per heavy atom. The van der Waals surface area contributed by atoms with Gasteiger partial charge >= 0.3 is 12.3 Å². The van der Waals surface area contributed by atoms with Crippen molar-refractivity contribution in [3.63, 3.8) is 0 Å². The lowest BCUT2D eigenvalue weighted by molar-refractivity contribution is -0.222. The number of nitrogens with one attached hydrogen (secondary N) is 2. The summed E-state index contributed by atoms with van der Waals surface area (Å²) in [6.45, 7) is 6.32.